The lowest BCUT2D eigenvalue weighted by Crippen LogP contribution is -2.52. The third-order valence-electron chi connectivity index (χ3n) is 6.75. The summed E-state index contributed by atoms with van der Waals surface area (Å²) in [5.41, 5.74) is 3.19. The Morgan fingerprint density at radius 3 is 2.88 bits per heavy atom. The molecule has 0 saturated heterocycles. The lowest BCUT2D eigenvalue weighted by molar-refractivity contribution is -0.115. The van der Waals surface area contributed by atoms with E-state index in [-0.39, 0.29) is 23.7 Å². The molecule has 32 heavy (non-hydrogen) atoms. The number of hydrogen-bond acceptors (Lipinski definition) is 4. The maximum atomic E-state index is 12.2. The highest BCUT2D eigenvalue weighted by atomic mass is 35.5. The lowest BCUT2D eigenvalue weighted by atomic mass is 9.83. The second kappa shape index (κ2) is 8.67. The summed E-state index contributed by atoms with van der Waals surface area (Å²) in [5.74, 6) is 0.773. The van der Waals surface area contributed by atoms with Gasteiger partial charge in [-0.3, -0.25) is 4.79 Å². The first-order valence-electron chi connectivity index (χ1n) is 11.5. The molecule has 5 rings (SSSR count). The molecule has 4 nitrogen and oxygen atoms in total. The average molecular weight is 450 g/mol. The van der Waals surface area contributed by atoms with Gasteiger partial charge in [0.25, 0.3) is 0 Å². The summed E-state index contributed by atoms with van der Waals surface area (Å²) in [6.45, 7) is 2.46. The number of ketones is 1. The van der Waals surface area contributed by atoms with Crippen LogP contribution in [0.3, 0.4) is 0 Å². The molecule has 166 valence electrons. The number of benzene rings is 2. The topological polar surface area (TPSA) is 49.8 Å². The van der Waals surface area contributed by atoms with Crippen molar-refractivity contribution in [3.05, 3.63) is 75.3 Å². The van der Waals surface area contributed by atoms with E-state index in [4.69, 9.17) is 16.3 Å². The minimum atomic E-state index is -0.103. The zero-order chi connectivity index (χ0) is 22.2. The van der Waals surface area contributed by atoms with Crippen molar-refractivity contribution in [3.63, 3.8) is 0 Å². The number of carbonyl (C=O) groups is 1. The smallest absolute Gasteiger partial charge is 0.178 e. The Balaban J connectivity index is 1.62. The predicted molar refractivity (Wildman–Crippen MR) is 127 cm³/mol. The molecule has 5 heteroatoms. The highest BCUT2D eigenvalue weighted by Gasteiger charge is 2.35. The molecular weight excluding hydrogens is 422 g/mol. The molecule has 1 unspecified atom stereocenters. The van der Waals surface area contributed by atoms with Crippen molar-refractivity contribution >= 4 is 28.7 Å². The molecule has 0 bridgehead atoms. The third kappa shape index (κ3) is 3.81. The molecule has 1 N–H and O–H groups in total. The van der Waals surface area contributed by atoms with Gasteiger partial charge in [0, 0.05) is 16.3 Å². The van der Waals surface area contributed by atoms with E-state index in [0.29, 0.717) is 11.6 Å². The van der Waals surface area contributed by atoms with Crippen molar-refractivity contribution in [1.29, 1.82) is 0 Å². The van der Waals surface area contributed by atoms with Gasteiger partial charge in [-0.1, -0.05) is 49.6 Å². The largest absolute Gasteiger partial charge is 0.506 e. The molecule has 1 aliphatic carbocycles. The molecule has 2 heterocycles. The quantitative estimate of drug-likeness (QED) is 0.712. The highest BCUT2D eigenvalue weighted by Crippen LogP contribution is 2.35. The van der Waals surface area contributed by atoms with Gasteiger partial charge in [0.15, 0.2) is 5.78 Å². The van der Waals surface area contributed by atoms with Gasteiger partial charge in [-0.15, -0.1) is 0 Å². The Morgan fingerprint density at radius 1 is 1.19 bits per heavy atom. The molecule has 0 radical (unpaired) electrons. The second-order valence-corrected chi connectivity index (χ2v) is 9.35. The number of hydrogen-bond donors (Lipinski definition) is 1. The molecule has 0 spiro atoms. The van der Waals surface area contributed by atoms with Gasteiger partial charge in [-0.05, 0) is 66.3 Å². The van der Waals surface area contributed by atoms with Gasteiger partial charge >= 0.3 is 0 Å². The van der Waals surface area contributed by atoms with Crippen molar-refractivity contribution in [2.75, 3.05) is 6.54 Å². The van der Waals surface area contributed by atoms with Gasteiger partial charge in [0.05, 0.1) is 18.3 Å². The van der Waals surface area contributed by atoms with E-state index in [1.54, 1.807) is 0 Å². The SMILES string of the molecule is CCCC(Oc1ccc2c(c1)=C1C(O)=CC(=O)CN1[C@H]1CCCCC=21)c1cccc(Cl)c1. The van der Waals surface area contributed by atoms with Crippen molar-refractivity contribution in [3.8, 4) is 5.75 Å². The zero-order valence-electron chi connectivity index (χ0n) is 18.3. The molecule has 2 aromatic carbocycles. The third-order valence-corrected chi connectivity index (χ3v) is 6.98. The molecule has 0 amide bonds. The first-order chi connectivity index (χ1) is 15.5. The Kier molecular flexibility index (Phi) is 5.73. The maximum absolute atomic E-state index is 12.2. The van der Waals surface area contributed by atoms with E-state index >= 15 is 0 Å². The van der Waals surface area contributed by atoms with E-state index in [9.17, 15) is 9.90 Å². The van der Waals surface area contributed by atoms with E-state index < -0.39 is 0 Å². The van der Waals surface area contributed by atoms with Crippen LogP contribution in [0.15, 0.2) is 54.3 Å². The molecule has 2 aromatic rings. The summed E-state index contributed by atoms with van der Waals surface area (Å²) >= 11 is 6.23. The van der Waals surface area contributed by atoms with Crippen LogP contribution in [0.2, 0.25) is 5.02 Å². The molecule has 1 saturated carbocycles. The fourth-order valence-corrected chi connectivity index (χ4v) is 5.57. The Hall–Kier alpha value is -2.72. The zero-order valence-corrected chi connectivity index (χ0v) is 19.1. The van der Waals surface area contributed by atoms with Gasteiger partial charge in [0.1, 0.15) is 17.6 Å². The average Bonchev–Trinajstić information content (AvgIpc) is 2.78. The maximum Gasteiger partial charge on any atom is 0.178 e. The van der Waals surface area contributed by atoms with Crippen LogP contribution in [-0.2, 0) is 4.79 Å². The van der Waals surface area contributed by atoms with Crippen LogP contribution in [0.4, 0.5) is 0 Å². The predicted octanol–water partition coefficient (Wildman–Crippen LogP) is 4.80. The lowest BCUT2D eigenvalue weighted by Gasteiger charge is -2.42. The van der Waals surface area contributed by atoms with Crippen LogP contribution in [0.25, 0.3) is 11.3 Å². The minimum Gasteiger partial charge on any atom is -0.506 e. The summed E-state index contributed by atoms with van der Waals surface area (Å²) in [7, 11) is 0. The van der Waals surface area contributed by atoms with Gasteiger partial charge < -0.3 is 14.7 Å². The molecule has 3 aliphatic rings. The first-order valence-corrected chi connectivity index (χ1v) is 11.9. The highest BCUT2D eigenvalue weighted by molar-refractivity contribution is 6.30. The van der Waals surface area contributed by atoms with Gasteiger partial charge in [-0.2, -0.15) is 0 Å². The minimum absolute atomic E-state index is 0.0454. The number of carbonyl (C=O) groups excluding carboxylic acids is 1. The van der Waals surface area contributed by atoms with Gasteiger partial charge in [-0.25, -0.2) is 0 Å². The van der Waals surface area contributed by atoms with Crippen LogP contribution in [-0.4, -0.2) is 28.4 Å². The summed E-state index contributed by atoms with van der Waals surface area (Å²) < 4.78 is 6.47. The Bertz CT molecular complexity index is 1220. The molecular formula is C27H28ClNO3. The van der Waals surface area contributed by atoms with Crippen molar-refractivity contribution < 1.29 is 14.6 Å². The van der Waals surface area contributed by atoms with E-state index in [0.717, 1.165) is 60.8 Å². The number of aliphatic hydroxyl groups is 1. The first kappa shape index (κ1) is 21.1. The van der Waals surface area contributed by atoms with Crippen molar-refractivity contribution in [2.45, 2.75) is 57.6 Å². The van der Waals surface area contributed by atoms with Gasteiger partial charge in [0.2, 0.25) is 0 Å². The Morgan fingerprint density at radius 2 is 2.06 bits per heavy atom. The standard InChI is InChI=1S/C27H28ClNO3/c1-2-6-26(17-7-5-8-18(28)13-17)32-20-11-12-21-22-9-3-4-10-24(22)29-16-19(30)14-25(31)27(29)23(21)15-20/h5,7-8,11-15,24,26,31H,2-4,6,9-10,16H2,1H3/t24-,26?/m0/s1. The van der Waals surface area contributed by atoms with Crippen LogP contribution < -0.4 is 15.2 Å². The fourth-order valence-electron chi connectivity index (χ4n) is 5.37. The van der Waals surface area contributed by atoms with E-state index in [1.165, 1.54) is 16.9 Å². The summed E-state index contributed by atoms with van der Waals surface area (Å²) in [5, 5.41) is 13.6. The summed E-state index contributed by atoms with van der Waals surface area (Å²) in [4.78, 5) is 14.4. The Labute approximate surface area is 193 Å². The number of halogens is 1. The van der Waals surface area contributed by atoms with Crippen LogP contribution >= 0.6 is 11.6 Å². The van der Waals surface area contributed by atoms with Crippen LogP contribution in [0.1, 0.15) is 57.1 Å². The normalized spacial score (nSPS) is 20.8. The number of nitrogens with zero attached hydrogens (tertiary/aromatic N) is 1. The molecule has 0 aromatic heterocycles. The number of rotatable bonds is 5. The number of aliphatic hydroxyl groups excluding tert-OH is 1. The van der Waals surface area contributed by atoms with Crippen LogP contribution in [0.5, 0.6) is 5.75 Å². The summed E-state index contributed by atoms with van der Waals surface area (Å²) in [6.07, 6.45) is 7.47. The van der Waals surface area contributed by atoms with Crippen molar-refractivity contribution in [1.82, 2.24) is 4.90 Å². The molecule has 2 atom stereocenters. The number of fused-ring (bicyclic) bond motifs is 4. The molecule has 1 fully saturated rings. The fraction of sp³-hybridized carbons (Fsp3) is 0.370. The van der Waals surface area contributed by atoms with Crippen molar-refractivity contribution in [2.24, 2.45) is 0 Å². The number of ether oxygens (including phenoxy) is 1. The van der Waals surface area contributed by atoms with E-state index in [2.05, 4.69) is 17.9 Å². The van der Waals surface area contributed by atoms with E-state index in [1.807, 2.05) is 36.4 Å². The van der Waals surface area contributed by atoms with Crippen LogP contribution in [0, 0.1) is 0 Å². The monoisotopic (exact) mass is 449 g/mol. The summed E-state index contributed by atoms with van der Waals surface area (Å²) in [6, 6.07) is 14.2. The molecule has 2 aliphatic heterocycles. The second-order valence-electron chi connectivity index (χ2n) is 8.92.